The molecule has 0 aromatic carbocycles. The molecule has 3 heterocycles. The number of hydrogen-bond acceptors (Lipinski definition) is 7. The summed E-state index contributed by atoms with van der Waals surface area (Å²) in [7, 11) is 2.06. The number of aromatic nitrogens is 5. The van der Waals surface area contributed by atoms with Crippen molar-refractivity contribution < 1.29 is 4.74 Å². The van der Waals surface area contributed by atoms with E-state index in [4.69, 9.17) is 4.74 Å². The molecule has 8 heteroatoms. The maximum Gasteiger partial charge on any atom is 0.225 e. The highest BCUT2D eigenvalue weighted by molar-refractivity contribution is 5.30. The second kappa shape index (κ2) is 7.47. The molecule has 23 heavy (non-hydrogen) atoms. The monoisotopic (exact) mass is 317 g/mol. The van der Waals surface area contributed by atoms with Crippen molar-refractivity contribution in [1.82, 2.24) is 29.6 Å². The second-order valence-electron chi connectivity index (χ2n) is 5.70. The van der Waals surface area contributed by atoms with Crippen LogP contribution in [0.25, 0.3) is 0 Å². The molecule has 0 unspecified atom stereocenters. The fraction of sp³-hybridized carbons (Fsp3) is 0.600. The van der Waals surface area contributed by atoms with Crippen LogP contribution in [0.1, 0.15) is 18.3 Å². The molecule has 2 aromatic heterocycles. The van der Waals surface area contributed by atoms with E-state index in [1.165, 1.54) is 0 Å². The van der Waals surface area contributed by atoms with Crippen LogP contribution >= 0.6 is 0 Å². The third kappa shape index (κ3) is 4.02. The molecule has 2 aromatic rings. The lowest BCUT2D eigenvalue weighted by Crippen LogP contribution is -2.37. The minimum absolute atomic E-state index is 0.742. The van der Waals surface area contributed by atoms with Crippen molar-refractivity contribution in [3.05, 3.63) is 30.1 Å². The van der Waals surface area contributed by atoms with E-state index >= 15 is 0 Å². The lowest BCUT2D eigenvalue weighted by atomic mass is 10.3. The molecule has 0 aliphatic carbocycles. The summed E-state index contributed by atoms with van der Waals surface area (Å²) in [5, 5.41) is 8.13. The van der Waals surface area contributed by atoms with Gasteiger partial charge in [-0.25, -0.2) is 9.97 Å². The second-order valence-corrected chi connectivity index (χ2v) is 5.70. The van der Waals surface area contributed by atoms with Crippen LogP contribution < -0.4 is 4.90 Å². The zero-order valence-corrected chi connectivity index (χ0v) is 13.7. The zero-order valence-electron chi connectivity index (χ0n) is 13.7. The van der Waals surface area contributed by atoms with Crippen molar-refractivity contribution in [3.63, 3.8) is 0 Å². The summed E-state index contributed by atoms with van der Waals surface area (Å²) >= 11 is 0. The molecule has 1 fully saturated rings. The van der Waals surface area contributed by atoms with Gasteiger partial charge in [0, 0.05) is 44.1 Å². The molecular formula is C15H23N7O. The lowest BCUT2D eigenvalue weighted by molar-refractivity contribution is 0.122. The molecule has 0 atom stereocenters. The quantitative estimate of drug-likeness (QED) is 0.770. The first-order valence-electron chi connectivity index (χ1n) is 7.95. The maximum atomic E-state index is 5.35. The van der Waals surface area contributed by atoms with Crippen LogP contribution in [0.5, 0.6) is 0 Å². The van der Waals surface area contributed by atoms with Crippen LogP contribution in [0.2, 0.25) is 0 Å². The van der Waals surface area contributed by atoms with E-state index in [2.05, 4.69) is 48.5 Å². The molecule has 0 amide bonds. The van der Waals surface area contributed by atoms with Crippen molar-refractivity contribution in [2.75, 3.05) is 38.3 Å². The van der Waals surface area contributed by atoms with Gasteiger partial charge >= 0.3 is 0 Å². The van der Waals surface area contributed by atoms with E-state index in [9.17, 15) is 0 Å². The average Bonchev–Trinajstić information content (AvgIpc) is 3.03. The fourth-order valence-corrected chi connectivity index (χ4v) is 2.63. The van der Waals surface area contributed by atoms with Gasteiger partial charge in [-0.3, -0.25) is 4.90 Å². The van der Waals surface area contributed by atoms with Gasteiger partial charge in [0.1, 0.15) is 12.2 Å². The van der Waals surface area contributed by atoms with E-state index < -0.39 is 0 Å². The van der Waals surface area contributed by atoms with Gasteiger partial charge in [0.15, 0.2) is 0 Å². The SMILES string of the molecule is CCn1cnnc1CN(C)Cc1cnc(N2CCOCC2)nc1. The summed E-state index contributed by atoms with van der Waals surface area (Å²) in [6.45, 7) is 7.69. The lowest BCUT2D eigenvalue weighted by Gasteiger charge is -2.26. The van der Waals surface area contributed by atoms with Crippen LogP contribution in [0.3, 0.4) is 0 Å². The number of morpholine rings is 1. The highest BCUT2D eigenvalue weighted by Gasteiger charge is 2.14. The Morgan fingerprint density at radius 3 is 2.61 bits per heavy atom. The third-order valence-electron chi connectivity index (χ3n) is 3.89. The van der Waals surface area contributed by atoms with E-state index in [0.29, 0.717) is 0 Å². The van der Waals surface area contributed by atoms with Gasteiger partial charge in [-0.05, 0) is 14.0 Å². The molecule has 0 bridgehead atoms. The molecule has 8 nitrogen and oxygen atoms in total. The van der Waals surface area contributed by atoms with Gasteiger partial charge in [-0.1, -0.05) is 0 Å². The first-order chi connectivity index (χ1) is 11.3. The summed E-state index contributed by atoms with van der Waals surface area (Å²) in [4.78, 5) is 13.3. The summed E-state index contributed by atoms with van der Waals surface area (Å²) in [5.41, 5.74) is 1.09. The van der Waals surface area contributed by atoms with Crippen LogP contribution in [-0.2, 0) is 24.4 Å². The summed E-state index contributed by atoms with van der Waals surface area (Å²) in [5.74, 6) is 1.76. The topological polar surface area (TPSA) is 72.2 Å². The van der Waals surface area contributed by atoms with Gasteiger partial charge in [-0.15, -0.1) is 10.2 Å². The summed E-state index contributed by atoms with van der Waals surface area (Å²) < 4.78 is 7.40. The number of hydrogen-bond donors (Lipinski definition) is 0. The predicted molar refractivity (Wildman–Crippen MR) is 85.9 cm³/mol. The smallest absolute Gasteiger partial charge is 0.225 e. The Bertz CT molecular complexity index is 607. The number of aryl methyl sites for hydroxylation is 1. The Labute approximate surface area is 136 Å². The van der Waals surface area contributed by atoms with Crippen molar-refractivity contribution in [1.29, 1.82) is 0 Å². The molecule has 1 aliphatic heterocycles. The molecule has 3 rings (SSSR count). The van der Waals surface area contributed by atoms with E-state index in [-0.39, 0.29) is 0 Å². The average molecular weight is 317 g/mol. The highest BCUT2D eigenvalue weighted by atomic mass is 16.5. The molecule has 1 aliphatic rings. The molecule has 0 N–H and O–H groups in total. The Balaban J connectivity index is 1.57. The first kappa shape index (κ1) is 15.8. The molecule has 124 valence electrons. The highest BCUT2D eigenvalue weighted by Crippen LogP contribution is 2.11. The number of anilines is 1. The Hall–Kier alpha value is -2.06. The number of ether oxygens (including phenoxy) is 1. The minimum Gasteiger partial charge on any atom is -0.378 e. The van der Waals surface area contributed by atoms with Crippen molar-refractivity contribution in [2.45, 2.75) is 26.6 Å². The normalized spacial score (nSPS) is 15.3. The van der Waals surface area contributed by atoms with E-state index in [1.54, 1.807) is 6.33 Å². The van der Waals surface area contributed by atoms with Gasteiger partial charge in [0.2, 0.25) is 5.95 Å². The molecule has 0 saturated carbocycles. The maximum absolute atomic E-state index is 5.35. The third-order valence-corrected chi connectivity index (χ3v) is 3.89. The predicted octanol–water partition coefficient (Wildman–Crippen LogP) is 0.557. The number of nitrogens with zero attached hydrogens (tertiary/aromatic N) is 7. The Kier molecular flexibility index (Phi) is 5.14. The van der Waals surface area contributed by atoms with Gasteiger partial charge < -0.3 is 14.2 Å². The van der Waals surface area contributed by atoms with Gasteiger partial charge in [-0.2, -0.15) is 0 Å². The minimum atomic E-state index is 0.742. The van der Waals surface area contributed by atoms with Crippen molar-refractivity contribution in [2.24, 2.45) is 0 Å². The Morgan fingerprint density at radius 1 is 1.17 bits per heavy atom. The molecular weight excluding hydrogens is 294 g/mol. The first-order valence-corrected chi connectivity index (χ1v) is 7.95. The molecule has 1 saturated heterocycles. The van der Waals surface area contributed by atoms with Crippen LogP contribution in [0, 0.1) is 0 Å². The summed E-state index contributed by atoms with van der Waals surface area (Å²) in [6.07, 6.45) is 5.57. The van der Waals surface area contributed by atoms with Crippen molar-refractivity contribution >= 4 is 5.95 Å². The largest absolute Gasteiger partial charge is 0.378 e. The van der Waals surface area contributed by atoms with Crippen LogP contribution in [-0.4, -0.2) is 63.0 Å². The van der Waals surface area contributed by atoms with Crippen molar-refractivity contribution in [3.8, 4) is 0 Å². The molecule has 0 spiro atoms. The Morgan fingerprint density at radius 2 is 1.91 bits per heavy atom. The van der Waals surface area contributed by atoms with Gasteiger partial charge in [0.25, 0.3) is 0 Å². The standard InChI is InChI=1S/C15H23N7O/c1-3-21-12-18-19-14(21)11-20(2)10-13-8-16-15(17-9-13)22-4-6-23-7-5-22/h8-9,12H,3-7,10-11H2,1-2H3. The number of rotatable bonds is 6. The summed E-state index contributed by atoms with van der Waals surface area (Å²) in [6, 6.07) is 0. The van der Waals surface area contributed by atoms with Crippen LogP contribution in [0.15, 0.2) is 18.7 Å². The zero-order chi connectivity index (χ0) is 16.1. The van der Waals surface area contributed by atoms with Gasteiger partial charge in [0.05, 0.1) is 19.8 Å². The fourth-order valence-electron chi connectivity index (χ4n) is 2.63. The van der Waals surface area contributed by atoms with E-state index in [0.717, 1.165) is 63.3 Å². The van der Waals surface area contributed by atoms with E-state index in [1.807, 2.05) is 12.4 Å². The van der Waals surface area contributed by atoms with Crippen LogP contribution in [0.4, 0.5) is 5.95 Å². The molecule has 0 radical (unpaired) electrons.